The Morgan fingerprint density at radius 2 is 1.79 bits per heavy atom. The Hall–Kier alpha value is -3.11. The van der Waals surface area contributed by atoms with Gasteiger partial charge in [0.2, 0.25) is 5.91 Å². The molecule has 1 aliphatic heterocycles. The summed E-state index contributed by atoms with van der Waals surface area (Å²) in [5, 5.41) is 3.53. The Morgan fingerprint density at radius 1 is 1.07 bits per heavy atom. The molecule has 0 unspecified atom stereocenters. The van der Waals surface area contributed by atoms with Gasteiger partial charge in [-0.15, -0.1) is 0 Å². The Labute approximate surface area is 175 Å². The molecule has 29 heavy (non-hydrogen) atoms. The molecule has 5 heteroatoms. The number of halogens is 1. The molecule has 1 heterocycles. The van der Waals surface area contributed by atoms with Gasteiger partial charge in [0.25, 0.3) is 5.91 Å². The zero-order chi connectivity index (χ0) is 20.4. The van der Waals surface area contributed by atoms with Crippen molar-refractivity contribution in [3.8, 4) is 0 Å². The fraction of sp³-hybridized carbons (Fsp3) is 0.167. The number of benzene rings is 3. The molecule has 146 valence electrons. The van der Waals surface area contributed by atoms with Gasteiger partial charge in [-0.25, -0.2) is 0 Å². The molecule has 4 nitrogen and oxygen atoms in total. The molecule has 0 saturated heterocycles. The fourth-order valence-corrected chi connectivity index (χ4v) is 3.79. The van der Waals surface area contributed by atoms with Gasteiger partial charge in [-0.2, -0.15) is 0 Å². The monoisotopic (exact) mass is 404 g/mol. The number of carbonyl (C=O) groups excluding carboxylic acids is 2. The van der Waals surface area contributed by atoms with Crippen molar-refractivity contribution < 1.29 is 9.59 Å². The second kappa shape index (κ2) is 8.10. The Bertz CT molecular complexity index is 1070. The average molecular weight is 405 g/mol. The number of nitrogens with zero attached hydrogens (tertiary/aromatic N) is 1. The summed E-state index contributed by atoms with van der Waals surface area (Å²) < 4.78 is 0. The molecular weight excluding hydrogens is 384 g/mol. The van der Waals surface area contributed by atoms with Crippen LogP contribution in [0.4, 0.5) is 5.69 Å². The van der Waals surface area contributed by atoms with Crippen molar-refractivity contribution in [2.45, 2.75) is 25.9 Å². The molecule has 0 spiro atoms. The summed E-state index contributed by atoms with van der Waals surface area (Å²) in [6.45, 7) is 2.33. The maximum atomic E-state index is 13.2. The number of aryl methyl sites for hydroxylation is 1. The molecule has 3 aromatic rings. The van der Waals surface area contributed by atoms with Crippen LogP contribution in [0.3, 0.4) is 0 Å². The Balaban J connectivity index is 1.62. The van der Waals surface area contributed by atoms with E-state index in [0.717, 1.165) is 16.7 Å². The predicted molar refractivity (Wildman–Crippen MR) is 115 cm³/mol. The molecule has 1 N–H and O–H groups in total. The molecule has 0 aliphatic carbocycles. The first kappa shape index (κ1) is 19.2. The minimum Gasteiger partial charge on any atom is -0.324 e. The third-order valence-electron chi connectivity index (χ3n) is 5.24. The predicted octanol–water partition coefficient (Wildman–Crippen LogP) is 4.85. The summed E-state index contributed by atoms with van der Waals surface area (Å²) in [6.07, 6.45) is 0.437. The molecular formula is C24H21ClN2O2. The number of amides is 2. The maximum absolute atomic E-state index is 13.2. The highest BCUT2D eigenvalue weighted by Crippen LogP contribution is 2.27. The number of hydrogen-bond donors (Lipinski definition) is 1. The number of fused-ring (bicyclic) bond motifs is 1. The fourth-order valence-electron chi connectivity index (χ4n) is 3.61. The molecule has 0 bridgehead atoms. The van der Waals surface area contributed by atoms with E-state index < -0.39 is 6.04 Å². The van der Waals surface area contributed by atoms with Gasteiger partial charge in [0, 0.05) is 29.2 Å². The zero-order valence-electron chi connectivity index (χ0n) is 16.1. The minimum atomic E-state index is -0.627. The molecule has 2 amide bonds. The van der Waals surface area contributed by atoms with E-state index in [1.165, 1.54) is 0 Å². The van der Waals surface area contributed by atoms with Crippen LogP contribution in [0.5, 0.6) is 0 Å². The maximum Gasteiger partial charge on any atom is 0.255 e. The third-order valence-corrected chi connectivity index (χ3v) is 5.65. The van der Waals surface area contributed by atoms with Crippen LogP contribution in [-0.2, 0) is 17.8 Å². The highest BCUT2D eigenvalue weighted by atomic mass is 35.5. The van der Waals surface area contributed by atoms with Crippen LogP contribution in [0.2, 0.25) is 5.02 Å². The van der Waals surface area contributed by atoms with Crippen molar-refractivity contribution in [3.05, 3.63) is 100 Å². The lowest BCUT2D eigenvalue weighted by Gasteiger charge is -2.27. The standard InChI is InChI=1S/C24H21ClN2O2/c1-16-11-12-19(14-21(16)25)26-23(28)22(13-17-7-3-2-4-8-17)27-15-18-9-5-6-10-20(18)24(27)29/h2-12,14,22H,13,15H2,1H3,(H,26,28)/t22-/m0/s1. The lowest BCUT2D eigenvalue weighted by atomic mass is 10.0. The van der Waals surface area contributed by atoms with Crippen molar-refractivity contribution >= 4 is 29.1 Å². The van der Waals surface area contributed by atoms with E-state index in [1.807, 2.05) is 73.7 Å². The van der Waals surface area contributed by atoms with Crippen LogP contribution in [0.25, 0.3) is 0 Å². The highest BCUT2D eigenvalue weighted by molar-refractivity contribution is 6.31. The quantitative estimate of drug-likeness (QED) is 0.660. The molecule has 1 atom stereocenters. The van der Waals surface area contributed by atoms with Gasteiger partial charge in [0.15, 0.2) is 0 Å². The lowest BCUT2D eigenvalue weighted by Crippen LogP contribution is -2.45. The van der Waals surface area contributed by atoms with Gasteiger partial charge >= 0.3 is 0 Å². The van der Waals surface area contributed by atoms with E-state index in [1.54, 1.807) is 11.0 Å². The summed E-state index contributed by atoms with van der Waals surface area (Å²) in [6, 6.07) is 22.0. The third kappa shape index (κ3) is 4.03. The van der Waals surface area contributed by atoms with Gasteiger partial charge in [-0.05, 0) is 41.8 Å². The normalized spacial score (nSPS) is 13.9. The second-order valence-electron chi connectivity index (χ2n) is 7.25. The summed E-state index contributed by atoms with van der Waals surface area (Å²) in [5.41, 5.74) is 4.17. The van der Waals surface area contributed by atoms with E-state index in [9.17, 15) is 9.59 Å². The molecule has 0 radical (unpaired) electrons. The highest BCUT2D eigenvalue weighted by Gasteiger charge is 2.36. The topological polar surface area (TPSA) is 49.4 Å². The van der Waals surface area contributed by atoms with Gasteiger partial charge in [-0.3, -0.25) is 9.59 Å². The van der Waals surface area contributed by atoms with E-state index in [0.29, 0.717) is 29.2 Å². The molecule has 1 aliphatic rings. The first-order valence-corrected chi connectivity index (χ1v) is 9.90. The van der Waals surface area contributed by atoms with E-state index in [-0.39, 0.29) is 11.8 Å². The molecule has 0 saturated carbocycles. The van der Waals surface area contributed by atoms with Crippen LogP contribution in [-0.4, -0.2) is 22.8 Å². The number of nitrogens with one attached hydrogen (secondary N) is 1. The summed E-state index contributed by atoms with van der Waals surface area (Å²) >= 11 is 6.20. The van der Waals surface area contributed by atoms with Gasteiger partial charge in [-0.1, -0.05) is 66.2 Å². The van der Waals surface area contributed by atoms with Crippen LogP contribution >= 0.6 is 11.6 Å². The Kier molecular flexibility index (Phi) is 5.36. The number of hydrogen-bond acceptors (Lipinski definition) is 2. The largest absolute Gasteiger partial charge is 0.324 e. The van der Waals surface area contributed by atoms with E-state index in [2.05, 4.69) is 5.32 Å². The second-order valence-corrected chi connectivity index (χ2v) is 7.66. The number of anilines is 1. The molecule has 3 aromatic carbocycles. The van der Waals surface area contributed by atoms with Crippen molar-refractivity contribution in [1.82, 2.24) is 4.90 Å². The lowest BCUT2D eigenvalue weighted by molar-refractivity contribution is -0.120. The minimum absolute atomic E-state index is 0.112. The van der Waals surface area contributed by atoms with Crippen molar-refractivity contribution in [3.63, 3.8) is 0 Å². The summed E-state index contributed by atoms with van der Waals surface area (Å²) in [4.78, 5) is 27.9. The first-order valence-electron chi connectivity index (χ1n) is 9.53. The van der Waals surface area contributed by atoms with Gasteiger partial charge < -0.3 is 10.2 Å². The van der Waals surface area contributed by atoms with Crippen molar-refractivity contribution in [1.29, 1.82) is 0 Å². The average Bonchev–Trinajstić information content (AvgIpc) is 3.06. The van der Waals surface area contributed by atoms with Crippen LogP contribution in [0, 0.1) is 6.92 Å². The van der Waals surface area contributed by atoms with Crippen LogP contribution in [0.15, 0.2) is 72.8 Å². The van der Waals surface area contributed by atoms with Crippen molar-refractivity contribution in [2.24, 2.45) is 0 Å². The molecule has 0 aromatic heterocycles. The van der Waals surface area contributed by atoms with E-state index in [4.69, 9.17) is 11.6 Å². The Morgan fingerprint density at radius 3 is 2.52 bits per heavy atom. The smallest absolute Gasteiger partial charge is 0.255 e. The zero-order valence-corrected chi connectivity index (χ0v) is 16.8. The number of carbonyl (C=O) groups is 2. The van der Waals surface area contributed by atoms with E-state index >= 15 is 0 Å². The SMILES string of the molecule is Cc1ccc(NC(=O)[C@H](Cc2ccccc2)N2Cc3ccccc3C2=O)cc1Cl. The van der Waals surface area contributed by atoms with Gasteiger partial charge in [0.05, 0.1) is 0 Å². The first-order chi connectivity index (χ1) is 14.0. The van der Waals surface area contributed by atoms with Crippen molar-refractivity contribution in [2.75, 3.05) is 5.32 Å². The molecule has 4 rings (SSSR count). The molecule has 0 fully saturated rings. The summed E-state index contributed by atoms with van der Waals surface area (Å²) in [5.74, 6) is -0.339. The van der Waals surface area contributed by atoms with Crippen LogP contribution < -0.4 is 5.32 Å². The number of rotatable bonds is 5. The summed E-state index contributed by atoms with van der Waals surface area (Å²) in [7, 11) is 0. The van der Waals surface area contributed by atoms with Crippen LogP contribution in [0.1, 0.15) is 27.0 Å². The van der Waals surface area contributed by atoms with Gasteiger partial charge in [0.1, 0.15) is 6.04 Å².